The van der Waals surface area contributed by atoms with Gasteiger partial charge in [-0.2, -0.15) is 5.26 Å². The normalized spacial score (nSPS) is 15.5. The second-order valence-electron chi connectivity index (χ2n) is 8.09. The summed E-state index contributed by atoms with van der Waals surface area (Å²) in [5.74, 6) is 0. The monoisotopic (exact) mass is 449 g/mol. The molecule has 1 N–H and O–H groups in total. The van der Waals surface area contributed by atoms with Gasteiger partial charge in [-0.15, -0.1) is 13.2 Å². The third-order valence-corrected chi connectivity index (χ3v) is 5.56. The molecule has 0 fully saturated rings. The number of nitriles is 1. The first kappa shape index (κ1) is 26.5. The van der Waals surface area contributed by atoms with Crippen molar-refractivity contribution in [3.05, 3.63) is 97.1 Å². The zero-order valence-electron chi connectivity index (χ0n) is 19.4. The van der Waals surface area contributed by atoms with E-state index >= 15 is 0 Å². The Hall–Kier alpha value is -2.75. The molecule has 33 heavy (non-hydrogen) atoms. The summed E-state index contributed by atoms with van der Waals surface area (Å²) in [6.45, 7) is 11.0. The smallest absolute Gasteiger partial charge is 0.110 e. The molecule has 2 aromatic carbocycles. The van der Waals surface area contributed by atoms with E-state index < -0.39 is 23.9 Å². The average Bonchev–Trinajstić information content (AvgIpc) is 2.86. The van der Waals surface area contributed by atoms with Crippen molar-refractivity contribution in [2.45, 2.75) is 63.3 Å². The highest BCUT2D eigenvalue weighted by Gasteiger charge is 2.36. The maximum absolute atomic E-state index is 10.3. The van der Waals surface area contributed by atoms with Gasteiger partial charge in [0.05, 0.1) is 37.9 Å². The molecule has 0 saturated carbocycles. The number of nitrogens with zero attached hydrogens (tertiary/aromatic N) is 1. The molecule has 2 aromatic rings. The third kappa shape index (κ3) is 8.95. The van der Waals surface area contributed by atoms with Gasteiger partial charge < -0.3 is 19.3 Å². The maximum Gasteiger partial charge on any atom is 0.110 e. The first-order valence-electron chi connectivity index (χ1n) is 11.3. The Kier molecular flexibility index (Phi) is 11.6. The predicted octanol–water partition coefficient (Wildman–Crippen LogP) is 5.36. The molecule has 5 heteroatoms. The Morgan fingerprint density at radius 2 is 1.64 bits per heavy atom. The van der Waals surface area contributed by atoms with Crippen LogP contribution in [-0.4, -0.2) is 35.6 Å². The summed E-state index contributed by atoms with van der Waals surface area (Å²) in [4.78, 5) is 0. The molecule has 0 spiro atoms. The van der Waals surface area contributed by atoms with Crippen molar-refractivity contribution in [2.24, 2.45) is 0 Å². The highest BCUT2D eigenvalue weighted by Crippen LogP contribution is 2.28. The van der Waals surface area contributed by atoms with Crippen molar-refractivity contribution >= 4 is 0 Å². The molecular weight excluding hydrogens is 414 g/mol. The summed E-state index contributed by atoms with van der Waals surface area (Å²) in [7, 11) is 0. The van der Waals surface area contributed by atoms with Crippen LogP contribution in [0.5, 0.6) is 0 Å². The molecule has 4 atom stereocenters. The fourth-order valence-corrected chi connectivity index (χ4v) is 3.42. The highest BCUT2D eigenvalue weighted by atomic mass is 16.6. The van der Waals surface area contributed by atoms with Crippen LogP contribution in [0.1, 0.15) is 37.3 Å². The number of aliphatic hydroxyl groups excluding tert-OH is 1. The Morgan fingerprint density at radius 1 is 1.03 bits per heavy atom. The average molecular weight is 450 g/mol. The minimum absolute atomic E-state index is 0.0418. The van der Waals surface area contributed by atoms with E-state index in [1.54, 1.807) is 6.08 Å². The molecule has 0 heterocycles. The molecule has 0 bridgehead atoms. The summed E-state index contributed by atoms with van der Waals surface area (Å²) in [5, 5.41) is 19.5. The molecule has 0 amide bonds. The van der Waals surface area contributed by atoms with Crippen molar-refractivity contribution in [3.8, 4) is 6.07 Å². The van der Waals surface area contributed by atoms with Gasteiger partial charge in [0.15, 0.2) is 0 Å². The molecular formula is C28H35NO4. The fraction of sp³-hybridized carbons (Fsp3) is 0.393. The van der Waals surface area contributed by atoms with Gasteiger partial charge in [-0.25, -0.2) is 0 Å². The van der Waals surface area contributed by atoms with Gasteiger partial charge in [-0.3, -0.25) is 0 Å². The van der Waals surface area contributed by atoms with Crippen molar-refractivity contribution in [1.29, 1.82) is 5.26 Å². The van der Waals surface area contributed by atoms with Crippen LogP contribution in [-0.2, 0) is 27.4 Å². The lowest BCUT2D eigenvalue weighted by atomic mass is 9.94. The van der Waals surface area contributed by atoms with Gasteiger partial charge in [-0.1, -0.05) is 72.8 Å². The number of rotatable bonds is 16. The first-order chi connectivity index (χ1) is 16.0. The molecule has 2 rings (SSSR count). The summed E-state index contributed by atoms with van der Waals surface area (Å²) >= 11 is 0. The summed E-state index contributed by atoms with van der Waals surface area (Å²) in [6, 6.07) is 22.0. The minimum Gasteiger partial charge on any atom is -0.386 e. The number of ether oxygens (including phenoxy) is 3. The van der Waals surface area contributed by atoms with Crippen molar-refractivity contribution in [1.82, 2.24) is 0 Å². The highest BCUT2D eigenvalue weighted by molar-refractivity contribution is 5.14. The zero-order chi connectivity index (χ0) is 23.9. The summed E-state index contributed by atoms with van der Waals surface area (Å²) < 4.78 is 18.4. The summed E-state index contributed by atoms with van der Waals surface area (Å²) in [6.07, 6.45) is 2.39. The van der Waals surface area contributed by atoms with Crippen LogP contribution in [0.2, 0.25) is 0 Å². The van der Waals surface area contributed by atoms with E-state index in [1.165, 1.54) is 6.08 Å². The van der Waals surface area contributed by atoms with E-state index in [1.807, 2.05) is 67.6 Å². The molecule has 1 unspecified atom stereocenters. The van der Waals surface area contributed by atoms with Crippen molar-refractivity contribution in [2.75, 3.05) is 6.61 Å². The van der Waals surface area contributed by atoms with Gasteiger partial charge in [0.2, 0.25) is 0 Å². The van der Waals surface area contributed by atoms with Gasteiger partial charge in [-0.05, 0) is 30.9 Å². The van der Waals surface area contributed by atoms with E-state index in [4.69, 9.17) is 14.2 Å². The lowest BCUT2D eigenvalue weighted by molar-refractivity contribution is -0.156. The first-order valence-corrected chi connectivity index (χ1v) is 11.3. The molecule has 0 radical (unpaired) electrons. The van der Waals surface area contributed by atoms with E-state index in [0.29, 0.717) is 26.2 Å². The lowest BCUT2D eigenvalue weighted by Crippen LogP contribution is -2.46. The van der Waals surface area contributed by atoms with E-state index in [9.17, 15) is 10.4 Å². The van der Waals surface area contributed by atoms with E-state index in [0.717, 1.165) is 17.5 Å². The largest absolute Gasteiger partial charge is 0.386 e. The topological polar surface area (TPSA) is 71.7 Å². The number of benzene rings is 2. The number of hydrogen-bond acceptors (Lipinski definition) is 5. The predicted molar refractivity (Wildman–Crippen MR) is 130 cm³/mol. The maximum atomic E-state index is 10.3. The Balaban J connectivity index is 2.05. The van der Waals surface area contributed by atoms with Gasteiger partial charge >= 0.3 is 0 Å². The minimum atomic E-state index is -0.954. The van der Waals surface area contributed by atoms with Crippen molar-refractivity contribution in [3.63, 3.8) is 0 Å². The SMILES string of the molecule is C=CC(O)[C@H](CC#N)O[C@H](CCCOCc1ccccc1)[C@](C)(C=C)OCc1ccccc1. The van der Waals surface area contributed by atoms with Crippen LogP contribution >= 0.6 is 0 Å². The van der Waals surface area contributed by atoms with Gasteiger partial charge in [0.1, 0.15) is 11.7 Å². The molecule has 0 aliphatic carbocycles. The molecule has 5 nitrogen and oxygen atoms in total. The van der Waals surface area contributed by atoms with Crippen LogP contribution in [0.3, 0.4) is 0 Å². The van der Waals surface area contributed by atoms with Gasteiger partial charge in [0.25, 0.3) is 0 Å². The molecule has 0 aliphatic heterocycles. The number of aliphatic hydroxyl groups is 1. The van der Waals surface area contributed by atoms with Crippen molar-refractivity contribution < 1.29 is 19.3 Å². The molecule has 0 aliphatic rings. The van der Waals surface area contributed by atoms with Crippen LogP contribution in [0.25, 0.3) is 0 Å². The Labute approximate surface area is 197 Å². The second-order valence-corrected chi connectivity index (χ2v) is 8.09. The van der Waals surface area contributed by atoms with E-state index in [2.05, 4.69) is 19.2 Å². The summed E-state index contributed by atoms with van der Waals surface area (Å²) in [5.41, 5.74) is 1.33. The fourth-order valence-electron chi connectivity index (χ4n) is 3.42. The van der Waals surface area contributed by atoms with E-state index in [-0.39, 0.29) is 6.42 Å². The second kappa shape index (κ2) is 14.4. The van der Waals surface area contributed by atoms with Crippen LogP contribution < -0.4 is 0 Å². The molecule has 0 aromatic heterocycles. The Bertz CT molecular complexity index is 864. The Morgan fingerprint density at radius 3 is 2.18 bits per heavy atom. The molecule has 176 valence electrons. The lowest BCUT2D eigenvalue weighted by Gasteiger charge is -2.38. The van der Waals surface area contributed by atoms with Crippen LogP contribution in [0.4, 0.5) is 0 Å². The molecule has 0 saturated heterocycles. The standard InChI is InChI=1S/C28H35NO4/c1-4-25(30)26(18-19-29)33-27(17-12-20-31-21-23-13-8-6-9-14-23)28(3,5-2)32-22-24-15-10-7-11-16-24/h4-11,13-16,25-27,30H,1-2,12,17-18,20-22H2,3H3/t25?,26-,27+,28-/m0/s1. The van der Waals surface area contributed by atoms with Crippen LogP contribution in [0.15, 0.2) is 86.0 Å². The quantitative estimate of drug-likeness (QED) is 0.276. The third-order valence-electron chi connectivity index (χ3n) is 5.56. The zero-order valence-corrected chi connectivity index (χ0v) is 19.4. The number of hydrogen-bond donors (Lipinski definition) is 1. The van der Waals surface area contributed by atoms with Crippen LogP contribution in [0, 0.1) is 11.3 Å². The van der Waals surface area contributed by atoms with Gasteiger partial charge in [0, 0.05) is 6.61 Å².